The van der Waals surface area contributed by atoms with Crippen molar-refractivity contribution in [3.8, 4) is 5.75 Å². The molecule has 5 atom stereocenters. The Morgan fingerprint density at radius 2 is 1.85 bits per heavy atom. The fourth-order valence-electron chi connectivity index (χ4n) is 6.66. The van der Waals surface area contributed by atoms with Crippen LogP contribution in [0.2, 0.25) is 0 Å². The molecular formula is C31H38N2O5S. The highest BCUT2D eigenvalue weighted by atomic mass is 32.2. The molecule has 5 rings (SSSR count). The summed E-state index contributed by atoms with van der Waals surface area (Å²) in [5.74, 6) is -0.612. The summed E-state index contributed by atoms with van der Waals surface area (Å²) in [5, 5.41) is 12.5. The Bertz CT molecular complexity index is 1220. The molecule has 0 spiro atoms. The lowest BCUT2D eigenvalue weighted by molar-refractivity contribution is -0.161. The van der Waals surface area contributed by atoms with Gasteiger partial charge in [-0.05, 0) is 68.7 Å². The molecule has 1 aliphatic carbocycles. The normalized spacial score (nSPS) is 29.0. The SMILES string of the molecule is CCCCOc1ccc([C@@]2(C(=O)N[C@@H]3C(=O)N4[C@H]3SC(C)(C)[C@H]4C(=O)O)CCC[C@H]2Cc2ccccc2)cc1. The number of hydrogen-bond acceptors (Lipinski definition) is 5. The van der Waals surface area contributed by atoms with E-state index < -0.39 is 28.2 Å². The van der Waals surface area contributed by atoms with Crippen molar-refractivity contribution in [1.82, 2.24) is 10.2 Å². The molecule has 3 aliphatic rings. The maximum Gasteiger partial charge on any atom is 0.327 e. The van der Waals surface area contributed by atoms with Gasteiger partial charge in [-0.25, -0.2) is 4.79 Å². The van der Waals surface area contributed by atoms with Crippen LogP contribution in [0.5, 0.6) is 5.75 Å². The zero-order valence-electron chi connectivity index (χ0n) is 22.9. The average Bonchev–Trinajstić information content (AvgIpc) is 3.45. The van der Waals surface area contributed by atoms with Crippen LogP contribution in [-0.2, 0) is 26.2 Å². The summed E-state index contributed by atoms with van der Waals surface area (Å²) in [7, 11) is 0. The maximum absolute atomic E-state index is 14.3. The third-order valence-electron chi connectivity index (χ3n) is 8.65. The smallest absolute Gasteiger partial charge is 0.327 e. The Balaban J connectivity index is 1.43. The maximum atomic E-state index is 14.3. The second kappa shape index (κ2) is 10.9. The number of nitrogens with one attached hydrogen (secondary N) is 1. The van der Waals surface area contributed by atoms with E-state index >= 15 is 0 Å². The molecule has 7 nitrogen and oxygen atoms in total. The van der Waals surface area contributed by atoms with Gasteiger partial charge < -0.3 is 20.1 Å². The number of aliphatic carboxylic acids is 1. The van der Waals surface area contributed by atoms with Crippen molar-refractivity contribution >= 4 is 29.5 Å². The number of carbonyl (C=O) groups is 3. The monoisotopic (exact) mass is 550 g/mol. The van der Waals surface area contributed by atoms with Gasteiger partial charge in [0.1, 0.15) is 23.2 Å². The third kappa shape index (κ3) is 4.92. The number of amides is 2. The van der Waals surface area contributed by atoms with Crippen molar-refractivity contribution in [2.75, 3.05) is 6.61 Å². The van der Waals surface area contributed by atoms with Gasteiger partial charge in [0.05, 0.1) is 12.0 Å². The fourth-order valence-corrected chi connectivity index (χ4v) is 8.29. The minimum Gasteiger partial charge on any atom is -0.494 e. The summed E-state index contributed by atoms with van der Waals surface area (Å²) in [5.41, 5.74) is 1.33. The Hall–Kier alpha value is -3.00. The predicted octanol–water partition coefficient (Wildman–Crippen LogP) is 4.78. The van der Waals surface area contributed by atoms with Crippen molar-refractivity contribution in [2.45, 2.75) is 86.9 Å². The zero-order valence-corrected chi connectivity index (χ0v) is 23.7. The first-order valence-corrected chi connectivity index (χ1v) is 14.9. The third-order valence-corrected chi connectivity index (χ3v) is 10.2. The summed E-state index contributed by atoms with van der Waals surface area (Å²) in [4.78, 5) is 40.9. The van der Waals surface area contributed by atoms with E-state index in [-0.39, 0.29) is 23.1 Å². The van der Waals surface area contributed by atoms with Crippen LogP contribution in [0.1, 0.15) is 64.0 Å². The highest BCUT2D eigenvalue weighted by Gasteiger charge is 2.65. The lowest BCUT2D eigenvalue weighted by Gasteiger charge is -2.45. The molecule has 8 heteroatoms. The minimum absolute atomic E-state index is 0.0671. The standard InChI is InChI=1S/C31H38N2O5S/c1-4-5-18-38-23-15-13-21(14-16-23)31(17-9-12-22(31)19-20-10-7-6-8-11-20)29(37)32-24-26(34)33-25(28(35)36)30(2,3)39-27(24)33/h6-8,10-11,13-16,22,24-25,27H,4-5,9,12,17-19H2,1-3H3,(H,32,37)(H,35,36)/t22-,24+,25+,27-,31-/m0/s1. The van der Waals surface area contributed by atoms with Gasteiger partial charge in [-0.1, -0.05) is 62.2 Å². The molecule has 2 heterocycles. The Labute approximate surface area is 234 Å². The lowest BCUT2D eigenvalue weighted by atomic mass is 9.69. The van der Waals surface area contributed by atoms with E-state index in [1.165, 1.54) is 22.2 Å². The highest BCUT2D eigenvalue weighted by molar-refractivity contribution is 8.01. The molecule has 2 aromatic rings. The van der Waals surface area contributed by atoms with Gasteiger partial charge in [-0.15, -0.1) is 11.8 Å². The number of carboxylic acids is 1. The molecule has 2 amide bonds. The van der Waals surface area contributed by atoms with Crippen LogP contribution < -0.4 is 10.1 Å². The molecule has 2 N–H and O–H groups in total. The van der Waals surface area contributed by atoms with Crippen LogP contribution in [0.4, 0.5) is 0 Å². The van der Waals surface area contributed by atoms with Gasteiger partial charge in [-0.2, -0.15) is 0 Å². The second-order valence-corrected chi connectivity index (χ2v) is 13.3. The van der Waals surface area contributed by atoms with Crippen molar-refractivity contribution < 1.29 is 24.2 Å². The van der Waals surface area contributed by atoms with Crippen molar-refractivity contribution in [3.05, 3.63) is 65.7 Å². The molecule has 39 heavy (non-hydrogen) atoms. The van der Waals surface area contributed by atoms with Crippen LogP contribution in [0.3, 0.4) is 0 Å². The average molecular weight is 551 g/mol. The predicted molar refractivity (Wildman–Crippen MR) is 152 cm³/mol. The number of hydrogen-bond donors (Lipinski definition) is 2. The van der Waals surface area contributed by atoms with E-state index in [9.17, 15) is 19.5 Å². The van der Waals surface area contributed by atoms with E-state index in [2.05, 4.69) is 24.4 Å². The van der Waals surface area contributed by atoms with Crippen molar-refractivity contribution in [1.29, 1.82) is 0 Å². The number of unbranched alkanes of at least 4 members (excludes halogenated alkanes) is 1. The molecule has 0 unspecified atom stereocenters. The van der Waals surface area contributed by atoms with Crippen molar-refractivity contribution in [3.63, 3.8) is 0 Å². The quantitative estimate of drug-likeness (QED) is 0.327. The first-order valence-electron chi connectivity index (χ1n) is 14.0. The van der Waals surface area contributed by atoms with Gasteiger partial charge in [0, 0.05) is 4.75 Å². The molecule has 2 aromatic carbocycles. The first kappa shape index (κ1) is 27.6. The Morgan fingerprint density at radius 1 is 1.13 bits per heavy atom. The van der Waals surface area contributed by atoms with Crippen molar-refractivity contribution in [2.24, 2.45) is 5.92 Å². The van der Waals surface area contributed by atoms with E-state index in [4.69, 9.17) is 4.74 Å². The van der Waals surface area contributed by atoms with Gasteiger partial charge in [0.15, 0.2) is 0 Å². The summed E-state index contributed by atoms with van der Waals surface area (Å²) in [6, 6.07) is 16.5. The van der Waals surface area contributed by atoms with Crippen LogP contribution in [0, 0.1) is 5.92 Å². The summed E-state index contributed by atoms with van der Waals surface area (Å²) >= 11 is 1.45. The first-order chi connectivity index (χ1) is 18.7. The zero-order chi connectivity index (χ0) is 27.8. The molecule has 1 saturated carbocycles. The number of fused-ring (bicyclic) bond motifs is 1. The molecule has 0 radical (unpaired) electrons. The highest BCUT2D eigenvalue weighted by Crippen LogP contribution is 2.52. The molecule has 208 valence electrons. The number of ether oxygens (including phenoxy) is 1. The number of thioether (sulfide) groups is 1. The van der Waals surface area contributed by atoms with Crippen LogP contribution in [0.25, 0.3) is 0 Å². The number of nitrogens with zero attached hydrogens (tertiary/aromatic N) is 1. The minimum atomic E-state index is -1.01. The van der Waals surface area contributed by atoms with Gasteiger partial charge >= 0.3 is 5.97 Å². The second-order valence-electron chi connectivity index (χ2n) is 11.5. The van der Waals surface area contributed by atoms with E-state index in [0.717, 1.165) is 43.4 Å². The molecule has 0 bridgehead atoms. The summed E-state index contributed by atoms with van der Waals surface area (Å²) in [6.07, 6.45) is 5.32. The van der Waals surface area contributed by atoms with E-state index in [0.29, 0.717) is 13.0 Å². The number of benzene rings is 2. The largest absolute Gasteiger partial charge is 0.494 e. The van der Waals surface area contributed by atoms with Gasteiger partial charge in [0.25, 0.3) is 0 Å². The number of carboxylic acid groups (broad SMARTS) is 1. The number of β-lactam (4-membered cyclic amide) rings is 1. The fraction of sp³-hybridized carbons (Fsp3) is 0.516. The van der Waals surface area contributed by atoms with Crippen LogP contribution >= 0.6 is 11.8 Å². The summed E-state index contributed by atoms with van der Waals surface area (Å²) in [6.45, 7) is 6.48. The van der Waals surface area contributed by atoms with Gasteiger partial charge in [-0.3, -0.25) is 9.59 Å². The molecule has 2 aliphatic heterocycles. The Kier molecular flexibility index (Phi) is 7.68. The molecule has 2 saturated heterocycles. The number of rotatable bonds is 10. The van der Waals surface area contributed by atoms with Crippen LogP contribution in [-0.4, -0.2) is 56.6 Å². The number of carbonyl (C=O) groups excluding carboxylic acids is 2. The summed E-state index contributed by atoms with van der Waals surface area (Å²) < 4.78 is 5.24. The molecule has 0 aromatic heterocycles. The van der Waals surface area contributed by atoms with E-state index in [1.807, 2.05) is 56.3 Å². The van der Waals surface area contributed by atoms with Gasteiger partial charge in [0.2, 0.25) is 11.8 Å². The lowest BCUT2D eigenvalue weighted by Crippen LogP contribution is -2.72. The molecular weight excluding hydrogens is 512 g/mol. The van der Waals surface area contributed by atoms with E-state index in [1.54, 1.807) is 0 Å². The molecule has 3 fully saturated rings. The van der Waals surface area contributed by atoms with Crippen LogP contribution in [0.15, 0.2) is 54.6 Å². The Morgan fingerprint density at radius 3 is 2.51 bits per heavy atom. The topological polar surface area (TPSA) is 95.9 Å².